The SMILES string of the molecule is Cc1cccc(N(C)c2ccc(N)c(N)c2)c1. The molecule has 3 heteroatoms. The summed E-state index contributed by atoms with van der Waals surface area (Å²) in [6.07, 6.45) is 0. The summed E-state index contributed by atoms with van der Waals surface area (Å²) in [5.41, 5.74) is 16.2. The van der Waals surface area contributed by atoms with Crippen LogP contribution in [0.15, 0.2) is 42.5 Å². The highest BCUT2D eigenvalue weighted by Gasteiger charge is 2.05. The van der Waals surface area contributed by atoms with E-state index in [4.69, 9.17) is 11.5 Å². The number of benzene rings is 2. The Morgan fingerprint density at radius 1 is 0.882 bits per heavy atom. The van der Waals surface area contributed by atoms with Crippen molar-refractivity contribution < 1.29 is 0 Å². The Labute approximate surface area is 102 Å². The average Bonchev–Trinajstić information content (AvgIpc) is 2.32. The summed E-state index contributed by atoms with van der Waals surface area (Å²) in [7, 11) is 2.01. The Bertz CT molecular complexity index is 535. The van der Waals surface area contributed by atoms with Crippen LogP contribution in [0.5, 0.6) is 0 Å². The molecular weight excluding hydrogens is 210 g/mol. The van der Waals surface area contributed by atoms with Gasteiger partial charge in [0.1, 0.15) is 0 Å². The lowest BCUT2D eigenvalue weighted by Gasteiger charge is -2.20. The van der Waals surface area contributed by atoms with Crippen molar-refractivity contribution in [2.45, 2.75) is 6.92 Å². The molecule has 2 aromatic rings. The van der Waals surface area contributed by atoms with Gasteiger partial charge in [0.05, 0.1) is 11.4 Å². The van der Waals surface area contributed by atoms with Gasteiger partial charge in [-0.3, -0.25) is 0 Å². The van der Waals surface area contributed by atoms with Crippen LogP contribution in [0.2, 0.25) is 0 Å². The van der Waals surface area contributed by atoms with Crippen molar-refractivity contribution in [2.24, 2.45) is 0 Å². The summed E-state index contributed by atoms with van der Waals surface area (Å²) in [6, 6.07) is 14.0. The molecule has 0 amide bonds. The van der Waals surface area contributed by atoms with Crippen molar-refractivity contribution in [2.75, 3.05) is 23.4 Å². The van der Waals surface area contributed by atoms with E-state index in [1.807, 2.05) is 31.3 Å². The molecule has 0 aliphatic carbocycles. The molecule has 0 fully saturated rings. The Morgan fingerprint density at radius 3 is 2.24 bits per heavy atom. The molecule has 0 aliphatic heterocycles. The standard InChI is InChI=1S/C14H17N3/c1-10-4-3-5-11(8-10)17(2)12-6-7-13(15)14(16)9-12/h3-9H,15-16H2,1-2H3. The zero-order chi connectivity index (χ0) is 12.4. The number of nitrogen functional groups attached to an aromatic ring is 2. The molecule has 0 saturated heterocycles. The summed E-state index contributed by atoms with van der Waals surface area (Å²) >= 11 is 0. The first-order chi connectivity index (χ1) is 8.08. The van der Waals surface area contributed by atoms with Gasteiger partial charge >= 0.3 is 0 Å². The maximum atomic E-state index is 5.81. The van der Waals surface area contributed by atoms with Gasteiger partial charge in [-0.25, -0.2) is 0 Å². The number of aryl methyl sites for hydroxylation is 1. The zero-order valence-electron chi connectivity index (χ0n) is 10.1. The van der Waals surface area contributed by atoms with Crippen LogP contribution in [0.3, 0.4) is 0 Å². The Morgan fingerprint density at radius 2 is 1.59 bits per heavy atom. The van der Waals surface area contributed by atoms with Crippen molar-refractivity contribution >= 4 is 22.7 Å². The van der Waals surface area contributed by atoms with E-state index in [-0.39, 0.29) is 0 Å². The molecule has 0 radical (unpaired) electrons. The van der Waals surface area contributed by atoms with E-state index in [1.165, 1.54) is 5.56 Å². The van der Waals surface area contributed by atoms with Crippen LogP contribution < -0.4 is 16.4 Å². The average molecular weight is 227 g/mol. The topological polar surface area (TPSA) is 55.3 Å². The van der Waals surface area contributed by atoms with E-state index in [0.717, 1.165) is 11.4 Å². The van der Waals surface area contributed by atoms with Gasteiger partial charge in [-0.05, 0) is 42.8 Å². The predicted molar refractivity (Wildman–Crippen MR) is 74.5 cm³/mol. The highest BCUT2D eigenvalue weighted by molar-refractivity contribution is 5.73. The third-order valence-electron chi connectivity index (χ3n) is 2.85. The number of nitrogens with two attached hydrogens (primary N) is 2. The molecule has 0 spiro atoms. The van der Waals surface area contributed by atoms with E-state index < -0.39 is 0 Å². The van der Waals surface area contributed by atoms with E-state index in [0.29, 0.717) is 11.4 Å². The molecule has 0 bridgehead atoms. The molecule has 0 atom stereocenters. The number of anilines is 4. The maximum Gasteiger partial charge on any atom is 0.0568 e. The molecule has 0 unspecified atom stereocenters. The molecule has 3 nitrogen and oxygen atoms in total. The van der Waals surface area contributed by atoms with Gasteiger partial charge in [0, 0.05) is 18.4 Å². The molecule has 17 heavy (non-hydrogen) atoms. The number of hydrogen-bond donors (Lipinski definition) is 2. The Kier molecular flexibility index (Phi) is 2.91. The van der Waals surface area contributed by atoms with Gasteiger partial charge in [-0.1, -0.05) is 12.1 Å². The van der Waals surface area contributed by atoms with Gasteiger partial charge in [-0.15, -0.1) is 0 Å². The van der Waals surface area contributed by atoms with Crippen LogP contribution >= 0.6 is 0 Å². The summed E-state index contributed by atoms with van der Waals surface area (Å²) in [4.78, 5) is 2.09. The van der Waals surface area contributed by atoms with Crippen molar-refractivity contribution in [3.63, 3.8) is 0 Å². The predicted octanol–water partition coefficient (Wildman–Crippen LogP) is 2.93. The second-order valence-corrected chi connectivity index (χ2v) is 4.21. The lowest BCUT2D eigenvalue weighted by atomic mass is 10.2. The summed E-state index contributed by atoms with van der Waals surface area (Å²) < 4.78 is 0. The lowest BCUT2D eigenvalue weighted by molar-refractivity contribution is 1.20. The third-order valence-corrected chi connectivity index (χ3v) is 2.85. The second-order valence-electron chi connectivity index (χ2n) is 4.21. The zero-order valence-corrected chi connectivity index (χ0v) is 10.1. The molecule has 0 aromatic heterocycles. The molecule has 0 aliphatic rings. The third kappa shape index (κ3) is 2.33. The normalized spacial score (nSPS) is 10.2. The minimum absolute atomic E-state index is 0.613. The second kappa shape index (κ2) is 4.37. The summed E-state index contributed by atoms with van der Waals surface area (Å²) in [6.45, 7) is 2.08. The van der Waals surface area contributed by atoms with Crippen LogP contribution in [0.4, 0.5) is 22.7 Å². The minimum Gasteiger partial charge on any atom is -0.397 e. The van der Waals surface area contributed by atoms with E-state index in [1.54, 1.807) is 0 Å². The molecule has 2 rings (SSSR count). The molecule has 0 saturated carbocycles. The first-order valence-electron chi connectivity index (χ1n) is 5.53. The first-order valence-corrected chi connectivity index (χ1v) is 5.53. The van der Waals surface area contributed by atoms with Gasteiger partial charge in [-0.2, -0.15) is 0 Å². The molecule has 88 valence electrons. The highest BCUT2D eigenvalue weighted by atomic mass is 15.1. The number of rotatable bonds is 2. The minimum atomic E-state index is 0.613. The van der Waals surface area contributed by atoms with E-state index >= 15 is 0 Å². The molecule has 2 aromatic carbocycles. The number of nitrogens with zero attached hydrogens (tertiary/aromatic N) is 1. The fraction of sp³-hybridized carbons (Fsp3) is 0.143. The highest BCUT2D eigenvalue weighted by Crippen LogP contribution is 2.28. The van der Waals surface area contributed by atoms with Crippen LogP contribution in [-0.4, -0.2) is 7.05 Å². The Hall–Kier alpha value is -2.16. The van der Waals surface area contributed by atoms with Crippen LogP contribution in [0.25, 0.3) is 0 Å². The van der Waals surface area contributed by atoms with E-state index in [9.17, 15) is 0 Å². The van der Waals surface area contributed by atoms with Crippen LogP contribution in [0.1, 0.15) is 5.56 Å². The lowest BCUT2D eigenvalue weighted by Crippen LogP contribution is -2.10. The van der Waals surface area contributed by atoms with Gasteiger partial charge in [0.25, 0.3) is 0 Å². The van der Waals surface area contributed by atoms with Gasteiger partial charge in [0.15, 0.2) is 0 Å². The smallest absolute Gasteiger partial charge is 0.0568 e. The summed E-state index contributed by atoms with van der Waals surface area (Å²) in [5, 5.41) is 0. The summed E-state index contributed by atoms with van der Waals surface area (Å²) in [5.74, 6) is 0. The molecular formula is C14H17N3. The fourth-order valence-electron chi connectivity index (χ4n) is 1.76. The van der Waals surface area contributed by atoms with Crippen molar-refractivity contribution in [3.8, 4) is 0 Å². The monoisotopic (exact) mass is 227 g/mol. The van der Waals surface area contributed by atoms with Gasteiger partial charge in [0.2, 0.25) is 0 Å². The first kappa shape index (κ1) is 11.3. The van der Waals surface area contributed by atoms with Crippen LogP contribution in [0, 0.1) is 6.92 Å². The van der Waals surface area contributed by atoms with E-state index in [2.05, 4.69) is 30.0 Å². The van der Waals surface area contributed by atoms with Crippen LogP contribution in [-0.2, 0) is 0 Å². The fourth-order valence-corrected chi connectivity index (χ4v) is 1.76. The van der Waals surface area contributed by atoms with Crippen molar-refractivity contribution in [1.82, 2.24) is 0 Å². The molecule has 0 heterocycles. The maximum absolute atomic E-state index is 5.81. The van der Waals surface area contributed by atoms with Gasteiger partial charge < -0.3 is 16.4 Å². The molecule has 4 N–H and O–H groups in total. The van der Waals surface area contributed by atoms with Crippen molar-refractivity contribution in [1.29, 1.82) is 0 Å². The Balaban J connectivity index is 2.36. The quantitative estimate of drug-likeness (QED) is 0.775. The largest absolute Gasteiger partial charge is 0.397 e. The number of hydrogen-bond acceptors (Lipinski definition) is 3. The van der Waals surface area contributed by atoms with Crippen molar-refractivity contribution in [3.05, 3.63) is 48.0 Å².